The van der Waals surface area contributed by atoms with Crippen molar-refractivity contribution < 1.29 is 45.7 Å². The number of carboxylic acid groups (broad SMARTS) is 1. The van der Waals surface area contributed by atoms with E-state index in [9.17, 15) is 14.7 Å². The van der Waals surface area contributed by atoms with E-state index in [1.165, 1.54) is 11.6 Å². The molecule has 0 bridgehead atoms. The van der Waals surface area contributed by atoms with Gasteiger partial charge < -0.3 is 16.7 Å². The van der Waals surface area contributed by atoms with Gasteiger partial charge in [0.05, 0.1) is 11.3 Å². The normalized spacial score (nSPS) is 14.4. The van der Waals surface area contributed by atoms with Crippen molar-refractivity contribution in [3.63, 3.8) is 0 Å². The van der Waals surface area contributed by atoms with Crippen LogP contribution in [-0.4, -0.2) is 35.1 Å². The van der Waals surface area contributed by atoms with Crippen molar-refractivity contribution in [2.45, 2.75) is 19.3 Å². The van der Waals surface area contributed by atoms with Gasteiger partial charge in [-0.25, -0.2) is 9.59 Å². The summed E-state index contributed by atoms with van der Waals surface area (Å²) >= 11 is 0. The van der Waals surface area contributed by atoms with Gasteiger partial charge in [-0.3, -0.25) is 0 Å². The van der Waals surface area contributed by atoms with Crippen molar-refractivity contribution in [2.24, 2.45) is 5.92 Å². The van der Waals surface area contributed by atoms with Crippen LogP contribution in [0.1, 0.15) is 30.2 Å². The Kier molecular flexibility index (Phi) is 7.69. The molecule has 6 heteroatoms. The largest absolute Gasteiger partial charge is 1.00 e. The van der Waals surface area contributed by atoms with Crippen LogP contribution >= 0.6 is 0 Å². The number of hydrogen-bond donors (Lipinski definition) is 2. The molecule has 1 aliphatic heterocycles. The van der Waals surface area contributed by atoms with Gasteiger partial charge in [0.1, 0.15) is 0 Å². The minimum absolute atomic E-state index is 0. The molecule has 0 unspecified atom stereocenters. The summed E-state index contributed by atoms with van der Waals surface area (Å²) in [6, 6.07) is 16.6. The Morgan fingerprint density at radius 2 is 1.65 bits per heavy atom. The maximum absolute atomic E-state index is 12.4. The van der Waals surface area contributed by atoms with E-state index in [4.69, 9.17) is 0 Å². The van der Waals surface area contributed by atoms with Gasteiger partial charge in [-0.05, 0) is 42.9 Å². The Bertz CT molecular complexity index is 750. The van der Waals surface area contributed by atoms with Crippen LogP contribution in [0.25, 0.3) is 0 Å². The fourth-order valence-electron chi connectivity index (χ4n) is 3.26. The van der Waals surface area contributed by atoms with Gasteiger partial charge in [0.15, 0.2) is 0 Å². The van der Waals surface area contributed by atoms with E-state index in [2.05, 4.69) is 29.6 Å². The van der Waals surface area contributed by atoms with Gasteiger partial charge in [-0.1, -0.05) is 42.5 Å². The third-order valence-electron chi connectivity index (χ3n) is 4.67. The summed E-state index contributed by atoms with van der Waals surface area (Å²) in [5.74, 6) is -0.463. The molecule has 0 saturated carbocycles. The van der Waals surface area contributed by atoms with Gasteiger partial charge in [-0.2, -0.15) is 0 Å². The number of likely N-dealkylation sites (tertiary alicyclic amines) is 1. The van der Waals surface area contributed by atoms with Crippen LogP contribution in [0, 0.1) is 5.92 Å². The Morgan fingerprint density at radius 3 is 2.31 bits per heavy atom. The van der Waals surface area contributed by atoms with Gasteiger partial charge in [-0.15, -0.1) is 0 Å². The number of rotatable bonds is 4. The molecule has 2 aromatic carbocycles. The SMILES string of the molecule is O=C(O)c1ccccc1NC(=O)N1CCC(Cc2ccccc2)CC1.[H-].[Na+]. The molecule has 0 aromatic heterocycles. The minimum Gasteiger partial charge on any atom is -1.00 e. The number of carboxylic acids is 1. The molecule has 2 N–H and O–H groups in total. The average Bonchev–Trinajstić information content (AvgIpc) is 2.63. The first-order chi connectivity index (χ1) is 12.1. The monoisotopic (exact) mass is 362 g/mol. The summed E-state index contributed by atoms with van der Waals surface area (Å²) in [5, 5.41) is 11.9. The van der Waals surface area contributed by atoms with E-state index < -0.39 is 5.97 Å². The summed E-state index contributed by atoms with van der Waals surface area (Å²) in [6.07, 6.45) is 2.96. The number of amides is 2. The molecule has 3 rings (SSSR count). The van der Waals surface area contributed by atoms with E-state index in [0.29, 0.717) is 24.7 Å². The Labute approximate surface area is 177 Å². The Morgan fingerprint density at radius 1 is 1.04 bits per heavy atom. The fourth-order valence-corrected chi connectivity index (χ4v) is 3.26. The van der Waals surface area contributed by atoms with Gasteiger partial charge >= 0.3 is 41.6 Å². The summed E-state index contributed by atoms with van der Waals surface area (Å²) in [5.41, 5.74) is 1.78. The van der Waals surface area contributed by atoms with Crippen LogP contribution in [0.2, 0.25) is 0 Å². The topological polar surface area (TPSA) is 69.6 Å². The summed E-state index contributed by atoms with van der Waals surface area (Å²) < 4.78 is 0. The van der Waals surface area contributed by atoms with E-state index in [1.54, 1.807) is 23.1 Å². The van der Waals surface area contributed by atoms with Crippen LogP contribution in [0.3, 0.4) is 0 Å². The molecule has 1 saturated heterocycles. The zero-order valence-electron chi connectivity index (χ0n) is 16.0. The van der Waals surface area contributed by atoms with E-state index in [1.807, 2.05) is 6.07 Å². The number of nitrogens with one attached hydrogen (secondary N) is 1. The number of anilines is 1. The molecule has 0 atom stereocenters. The van der Waals surface area contributed by atoms with Gasteiger partial charge in [0.2, 0.25) is 0 Å². The second kappa shape index (κ2) is 9.76. The molecule has 132 valence electrons. The van der Waals surface area contributed by atoms with Crippen LogP contribution in [0.4, 0.5) is 10.5 Å². The molecule has 0 radical (unpaired) electrons. The number of nitrogens with zero attached hydrogens (tertiary/aromatic N) is 1. The Hall–Kier alpha value is -1.82. The number of carbonyl (C=O) groups excluding carboxylic acids is 1. The van der Waals surface area contributed by atoms with Crippen molar-refractivity contribution >= 4 is 17.7 Å². The van der Waals surface area contributed by atoms with Crippen LogP contribution < -0.4 is 34.9 Å². The maximum Gasteiger partial charge on any atom is 1.00 e. The zero-order valence-corrected chi connectivity index (χ0v) is 17.0. The number of urea groups is 1. The fraction of sp³-hybridized carbons (Fsp3) is 0.300. The number of benzene rings is 2. The first kappa shape index (κ1) is 20.5. The molecule has 26 heavy (non-hydrogen) atoms. The quantitative estimate of drug-likeness (QED) is 0.797. The number of carbonyl (C=O) groups is 2. The molecule has 0 spiro atoms. The van der Waals surface area contributed by atoms with Crippen molar-refractivity contribution in [3.05, 3.63) is 65.7 Å². The van der Waals surface area contributed by atoms with E-state index in [-0.39, 0.29) is 42.6 Å². The van der Waals surface area contributed by atoms with Crippen LogP contribution in [0.15, 0.2) is 54.6 Å². The van der Waals surface area contributed by atoms with Crippen molar-refractivity contribution in [1.82, 2.24) is 4.90 Å². The van der Waals surface area contributed by atoms with E-state index >= 15 is 0 Å². The van der Waals surface area contributed by atoms with Crippen LogP contribution in [-0.2, 0) is 6.42 Å². The molecule has 1 fully saturated rings. The predicted molar refractivity (Wildman–Crippen MR) is 98.0 cm³/mol. The molecule has 1 heterocycles. The molecular weight excluding hydrogens is 339 g/mol. The van der Waals surface area contributed by atoms with Crippen molar-refractivity contribution in [3.8, 4) is 0 Å². The standard InChI is InChI=1S/C20H22N2O3.Na.H/c23-19(24)17-8-4-5-9-18(17)21-20(25)22-12-10-16(11-13-22)14-15-6-2-1-3-7-15;;/h1-9,16H,10-14H2,(H,21,25)(H,23,24);;/q;+1;-1. The second-order valence-corrected chi connectivity index (χ2v) is 6.40. The molecule has 1 aliphatic rings. The molecule has 0 aliphatic carbocycles. The zero-order chi connectivity index (χ0) is 17.6. The van der Waals surface area contributed by atoms with Gasteiger partial charge in [0, 0.05) is 13.1 Å². The number of aromatic carboxylic acids is 1. The average molecular weight is 362 g/mol. The summed E-state index contributed by atoms with van der Waals surface area (Å²) in [6.45, 7) is 1.39. The van der Waals surface area contributed by atoms with Crippen molar-refractivity contribution in [2.75, 3.05) is 18.4 Å². The Balaban J connectivity index is 0.00000182. The van der Waals surface area contributed by atoms with E-state index in [0.717, 1.165) is 19.3 Å². The second-order valence-electron chi connectivity index (χ2n) is 6.40. The number of piperidine rings is 1. The molecule has 5 nitrogen and oxygen atoms in total. The smallest absolute Gasteiger partial charge is 1.00 e. The molecule has 2 aromatic rings. The van der Waals surface area contributed by atoms with Gasteiger partial charge in [0.25, 0.3) is 0 Å². The number of hydrogen-bond acceptors (Lipinski definition) is 2. The first-order valence-corrected chi connectivity index (χ1v) is 8.55. The molecular formula is C20H23N2NaO3. The van der Waals surface area contributed by atoms with Crippen LogP contribution in [0.5, 0.6) is 0 Å². The summed E-state index contributed by atoms with van der Waals surface area (Å²) in [7, 11) is 0. The predicted octanol–water partition coefficient (Wildman–Crippen LogP) is 0.988. The maximum atomic E-state index is 12.4. The summed E-state index contributed by atoms with van der Waals surface area (Å²) in [4.78, 5) is 25.4. The minimum atomic E-state index is -1.04. The third-order valence-corrected chi connectivity index (χ3v) is 4.67. The third kappa shape index (κ3) is 5.34. The molecule has 2 amide bonds. The number of para-hydroxylation sites is 1. The first-order valence-electron chi connectivity index (χ1n) is 8.55. The van der Waals surface area contributed by atoms with Crippen molar-refractivity contribution in [1.29, 1.82) is 0 Å².